The van der Waals surface area contributed by atoms with Crippen molar-refractivity contribution in [2.24, 2.45) is 0 Å². The number of anilines is 1. The molecule has 0 aromatic heterocycles. The summed E-state index contributed by atoms with van der Waals surface area (Å²) in [5.41, 5.74) is 4.33. The van der Waals surface area contributed by atoms with E-state index in [0.717, 1.165) is 28.1 Å². The third-order valence-electron chi connectivity index (χ3n) is 7.89. The number of methoxy groups -OCH3 is 1. The Balaban J connectivity index is 1.44. The molecule has 7 heteroatoms. The molecule has 36 heavy (non-hydrogen) atoms. The molecule has 0 amide bonds. The van der Waals surface area contributed by atoms with Crippen molar-refractivity contribution in [3.05, 3.63) is 101 Å². The predicted octanol–water partition coefficient (Wildman–Crippen LogP) is 4.58. The molecule has 2 aliphatic heterocycles. The van der Waals surface area contributed by atoms with Gasteiger partial charge >= 0.3 is 0 Å². The highest BCUT2D eigenvalue weighted by Gasteiger charge is 2.61. The van der Waals surface area contributed by atoms with Crippen LogP contribution in [0.5, 0.6) is 5.75 Å². The first-order valence-corrected chi connectivity index (χ1v) is 13.6. The Morgan fingerprint density at radius 3 is 2.44 bits per heavy atom. The second-order valence-corrected chi connectivity index (χ2v) is 11.7. The molecule has 1 aliphatic carbocycles. The molecule has 1 spiro atoms. The number of benzene rings is 3. The van der Waals surface area contributed by atoms with Crippen molar-refractivity contribution >= 4 is 21.5 Å². The van der Waals surface area contributed by atoms with Gasteiger partial charge in [0.1, 0.15) is 5.75 Å². The smallest absolute Gasteiger partial charge is 0.264 e. The number of hydrogen-bond donors (Lipinski definition) is 0. The lowest BCUT2D eigenvalue weighted by Crippen LogP contribution is -2.49. The number of para-hydroxylation sites is 1. The lowest BCUT2D eigenvalue weighted by molar-refractivity contribution is -0.115. The molecule has 6 nitrogen and oxygen atoms in total. The van der Waals surface area contributed by atoms with Gasteiger partial charge in [0.25, 0.3) is 10.0 Å². The fourth-order valence-electron chi connectivity index (χ4n) is 6.17. The van der Waals surface area contributed by atoms with Crippen LogP contribution in [0.3, 0.4) is 0 Å². The molecule has 2 atom stereocenters. The van der Waals surface area contributed by atoms with Gasteiger partial charge in [-0.25, -0.2) is 8.42 Å². The molecule has 3 aromatic rings. The van der Waals surface area contributed by atoms with Gasteiger partial charge in [-0.3, -0.25) is 9.10 Å². The zero-order chi connectivity index (χ0) is 25.1. The molecule has 0 radical (unpaired) electrons. The molecule has 3 aliphatic rings. The van der Waals surface area contributed by atoms with E-state index < -0.39 is 15.4 Å². The van der Waals surface area contributed by atoms with E-state index in [4.69, 9.17) is 4.74 Å². The highest BCUT2D eigenvalue weighted by molar-refractivity contribution is 7.89. The lowest BCUT2D eigenvalue weighted by Gasteiger charge is -2.40. The van der Waals surface area contributed by atoms with E-state index in [1.165, 1.54) is 4.31 Å². The van der Waals surface area contributed by atoms with Crippen molar-refractivity contribution < 1.29 is 17.9 Å². The molecule has 6 rings (SSSR count). The third-order valence-corrected chi connectivity index (χ3v) is 9.71. The molecule has 0 bridgehead atoms. The van der Waals surface area contributed by atoms with Gasteiger partial charge in [-0.05, 0) is 54.8 Å². The number of ketones is 1. The summed E-state index contributed by atoms with van der Waals surface area (Å²) in [6.07, 6.45) is 2.58. The molecule has 1 fully saturated rings. The number of fused-ring (bicyclic) bond motifs is 1. The van der Waals surface area contributed by atoms with Crippen LogP contribution in [-0.2, 0) is 26.8 Å². The summed E-state index contributed by atoms with van der Waals surface area (Å²) in [4.78, 5) is 15.6. The van der Waals surface area contributed by atoms with Gasteiger partial charge in [-0.1, -0.05) is 48.0 Å². The largest absolute Gasteiger partial charge is 0.497 e. The Morgan fingerprint density at radius 2 is 1.72 bits per heavy atom. The number of carbonyl (C=O) groups is 1. The molecule has 0 saturated carbocycles. The number of ether oxygens (including phenoxy) is 1. The Morgan fingerprint density at radius 1 is 1.00 bits per heavy atom. The van der Waals surface area contributed by atoms with E-state index >= 15 is 0 Å². The lowest BCUT2D eigenvalue weighted by atomic mass is 9.69. The monoisotopic (exact) mass is 500 g/mol. The Labute approximate surface area is 211 Å². The zero-order valence-corrected chi connectivity index (χ0v) is 21.2. The van der Waals surface area contributed by atoms with Crippen LogP contribution in [-0.4, -0.2) is 38.2 Å². The van der Waals surface area contributed by atoms with E-state index in [1.807, 2.05) is 55.5 Å². The summed E-state index contributed by atoms with van der Waals surface area (Å²) in [5.74, 6) is 0.757. The summed E-state index contributed by atoms with van der Waals surface area (Å²) in [6.45, 7) is 2.90. The summed E-state index contributed by atoms with van der Waals surface area (Å²) < 4.78 is 34.4. The van der Waals surface area contributed by atoms with Crippen molar-refractivity contribution in [2.75, 3.05) is 18.6 Å². The SMILES string of the molecule is COc1ccc(CN2c3ccccc3[C@]34CCN(S(=O)(=O)c5ccc(C)cc5)C3=CC(=O)C[C@H]24)cc1. The quantitative estimate of drug-likeness (QED) is 0.513. The van der Waals surface area contributed by atoms with Gasteiger partial charge in [0.05, 0.1) is 23.5 Å². The fourth-order valence-corrected chi connectivity index (χ4v) is 7.71. The van der Waals surface area contributed by atoms with Gasteiger partial charge in [0.2, 0.25) is 0 Å². The van der Waals surface area contributed by atoms with Crippen LogP contribution in [0, 0.1) is 6.92 Å². The van der Waals surface area contributed by atoms with E-state index in [9.17, 15) is 13.2 Å². The normalized spacial score (nSPS) is 22.7. The number of rotatable bonds is 5. The number of carbonyl (C=O) groups excluding carboxylic acids is 1. The molecule has 0 unspecified atom stereocenters. The number of allylic oxidation sites excluding steroid dienone is 1. The van der Waals surface area contributed by atoms with Crippen LogP contribution in [0.25, 0.3) is 0 Å². The average molecular weight is 501 g/mol. The molecule has 184 valence electrons. The van der Waals surface area contributed by atoms with E-state index in [2.05, 4.69) is 17.0 Å². The summed E-state index contributed by atoms with van der Waals surface area (Å²) in [6, 6.07) is 22.9. The Hall–Kier alpha value is -3.58. The van der Waals surface area contributed by atoms with Crippen LogP contribution >= 0.6 is 0 Å². The Kier molecular flexibility index (Phi) is 5.23. The van der Waals surface area contributed by atoms with Crippen LogP contribution < -0.4 is 9.64 Å². The maximum Gasteiger partial charge on any atom is 0.264 e. The zero-order valence-electron chi connectivity index (χ0n) is 20.3. The van der Waals surface area contributed by atoms with Crippen LogP contribution in [0.15, 0.2) is 89.5 Å². The number of hydrogen-bond acceptors (Lipinski definition) is 5. The molecule has 2 heterocycles. The molecule has 0 N–H and O–H groups in total. The van der Waals surface area contributed by atoms with Gasteiger partial charge < -0.3 is 9.64 Å². The second-order valence-electron chi connectivity index (χ2n) is 9.82. The Bertz CT molecular complexity index is 1480. The third kappa shape index (κ3) is 3.29. The van der Waals surface area contributed by atoms with Gasteiger partial charge in [0, 0.05) is 37.0 Å². The summed E-state index contributed by atoms with van der Waals surface area (Å²) >= 11 is 0. The maximum atomic E-state index is 13.8. The second kappa shape index (κ2) is 8.23. The number of sulfonamides is 1. The molecular weight excluding hydrogens is 472 g/mol. The van der Waals surface area contributed by atoms with E-state index in [1.54, 1.807) is 25.3 Å². The van der Waals surface area contributed by atoms with E-state index in [0.29, 0.717) is 31.6 Å². The predicted molar refractivity (Wildman–Crippen MR) is 138 cm³/mol. The first-order chi connectivity index (χ1) is 17.3. The molecular formula is C29H28N2O4S. The summed E-state index contributed by atoms with van der Waals surface area (Å²) in [5, 5.41) is 0. The van der Waals surface area contributed by atoms with Crippen LogP contribution in [0.1, 0.15) is 29.5 Å². The topological polar surface area (TPSA) is 66.9 Å². The minimum Gasteiger partial charge on any atom is -0.497 e. The van der Waals surface area contributed by atoms with Crippen molar-refractivity contribution in [1.82, 2.24) is 4.31 Å². The van der Waals surface area contributed by atoms with Crippen molar-refractivity contribution in [2.45, 2.75) is 42.7 Å². The van der Waals surface area contributed by atoms with Crippen molar-refractivity contribution in [1.29, 1.82) is 0 Å². The van der Waals surface area contributed by atoms with Gasteiger partial charge in [-0.15, -0.1) is 0 Å². The van der Waals surface area contributed by atoms with Gasteiger partial charge in [0.15, 0.2) is 5.78 Å². The van der Waals surface area contributed by atoms with Crippen molar-refractivity contribution in [3.8, 4) is 5.75 Å². The number of aryl methyl sites for hydroxylation is 1. The average Bonchev–Trinajstić information content (AvgIpc) is 3.40. The minimum absolute atomic E-state index is 0.0378. The number of nitrogens with zero attached hydrogens (tertiary/aromatic N) is 2. The van der Waals surface area contributed by atoms with Crippen LogP contribution in [0.2, 0.25) is 0 Å². The first-order valence-electron chi connectivity index (χ1n) is 12.2. The molecule has 3 aromatic carbocycles. The molecule has 1 saturated heterocycles. The standard InChI is InChI=1S/C29H28N2O4S/c1-20-7-13-24(14-8-20)36(33,34)31-16-15-29-25-5-3-4-6-26(25)30(27(29)17-22(32)18-28(29)31)19-21-9-11-23(35-2)12-10-21/h3-14,18,27H,15-17,19H2,1-2H3/t27-,29-/m0/s1. The van der Waals surface area contributed by atoms with Crippen LogP contribution in [0.4, 0.5) is 5.69 Å². The van der Waals surface area contributed by atoms with Crippen molar-refractivity contribution in [3.63, 3.8) is 0 Å². The van der Waals surface area contributed by atoms with E-state index in [-0.39, 0.29) is 16.7 Å². The fraction of sp³-hybridized carbons (Fsp3) is 0.276. The highest BCUT2D eigenvalue weighted by Crippen LogP contribution is 2.59. The first kappa shape index (κ1) is 22.9. The minimum atomic E-state index is -3.80. The van der Waals surface area contributed by atoms with Gasteiger partial charge in [-0.2, -0.15) is 0 Å². The highest BCUT2D eigenvalue weighted by atomic mass is 32.2. The maximum absolute atomic E-state index is 13.8. The summed E-state index contributed by atoms with van der Waals surface area (Å²) in [7, 11) is -2.15.